The summed E-state index contributed by atoms with van der Waals surface area (Å²) in [6.07, 6.45) is 6.14. The molecule has 0 atom stereocenters. The molecule has 0 saturated heterocycles. The summed E-state index contributed by atoms with van der Waals surface area (Å²) in [6.45, 7) is 8.25. The Bertz CT molecular complexity index is 330. The summed E-state index contributed by atoms with van der Waals surface area (Å²) in [5.41, 5.74) is 7.75. The summed E-state index contributed by atoms with van der Waals surface area (Å²) >= 11 is 0. The van der Waals surface area contributed by atoms with Gasteiger partial charge in [0.15, 0.2) is 0 Å². The molecular formula is C13H26N4. The topological polar surface area (TPSA) is 55.9 Å². The van der Waals surface area contributed by atoms with Gasteiger partial charge in [0.05, 0.1) is 11.4 Å². The van der Waals surface area contributed by atoms with Gasteiger partial charge in [0.1, 0.15) is 5.82 Å². The smallest absolute Gasteiger partial charge is 0.148 e. The number of hydrogen-bond acceptors (Lipinski definition) is 3. The Hall–Kier alpha value is -1.19. The third-order valence-electron chi connectivity index (χ3n) is 2.93. The quantitative estimate of drug-likeness (QED) is 0.684. The maximum atomic E-state index is 6.03. The van der Waals surface area contributed by atoms with Gasteiger partial charge in [-0.2, -0.15) is 5.10 Å². The summed E-state index contributed by atoms with van der Waals surface area (Å²) in [7, 11) is 0. The molecule has 0 amide bonds. The highest BCUT2D eigenvalue weighted by atomic mass is 15.3. The number of anilines is 2. The molecule has 0 radical (unpaired) electrons. The lowest BCUT2D eigenvalue weighted by atomic mass is 10.2. The molecule has 1 rings (SSSR count). The Balaban J connectivity index is 2.50. The maximum Gasteiger partial charge on any atom is 0.148 e. The zero-order valence-corrected chi connectivity index (χ0v) is 11.4. The molecule has 4 nitrogen and oxygen atoms in total. The molecule has 0 aliphatic carbocycles. The van der Waals surface area contributed by atoms with E-state index in [4.69, 9.17) is 5.73 Å². The highest BCUT2D eigenvalue weighted by molar-refractivity contribution is 5.64. The summed E-state index contributed by atoms with van der Waals surface area (Å²) in [4.78, 5) is 0. The van der Waals surface area contributed by atoms with Gasteiger partial charge in [0.2, 0.25) is 0 Å². The molecule has 0 unspecified atom stereocenters. The van der Waals surface area contributed by atoms with Crippen LogP contribution in [0.25, 0.3) is 0 Å². The molecule has 0 fully saturated rings. The van der Waals surface area contributed by atoms with E-state index < -0.39 is 0 Å². The van der Waals surface area contributed by atoms with Crippen LogP contribution < -0.4 is 11.1 Å². The van der Waals surface area contributed by atoms with Gasteiger partial charge in [-0.1, -0.05) is 33.1 Å². The van der Waals surface area contributed by atoms with E-state index in [2.05, 4.69) is 24.3 Å². The second kappa shape index (κ2) is 7.20. The Morgan fingerprint density at radius 1 is 1.18 bits per heavy atom. The molecule has 98 valence electrons. The Labute approximate surface area is 105 Å². The first-order valence-electron chi connectivity index (χ1n) is 6.77. The number of aromatic nitrogens is 2. The van der Waals surface area contributed by atoms with E-state index in [1.165, 1.54) is 25.7 Å². The molecule has 0 bridgehead atoms. The van der Waals surface area contributed by atoms with Crippen LogP contribution in [0.15, 0.2) is 0 Å². The fourth-order valence-electron chi connectivity index (χ4n) is 1.91. The van der Waals surface area contributed by atoms with Crippen LogP contribution in [0.4, 0.5) is 11.5 Å². The largest absolute Gasteiger partial charge is 0.394 e. The van der Waals surface area contributed by atoms with Crippen molar-refractivity contribution in [3.63, 3.8) is 0 Å². The van der Waals surface area contributed by atoms with Crippen molar-refractivity contribution in [1.82, 2.24) is 9.78 Å². The van der Waals surface area contributed by atoms with E-state index in [0.29, 0.717) is 0 Å². The van der Waals surface area contributed by atoms with Crippen LogP contribution in [-0.4, -0.2) is 16.3 Å². The van der Waals surface area contributed by atoms with E-state index in [0.717, 1.165) is 36.7 Å². The minimum absolute atomic E-state index is 0.800. The van der Waals surface area contributed by atoms with Gasteiger partial charge in [-0.25, -0.2) is 4.68 Å². The molecule has 1 aromatic rings. The highest BCUT2D eigenvalue weighted by Gasteiger charge is 2.10. The second-order valence-corrected chi connectivity index (χ2v) is 4.56. The van der Waals surface area contributed by atoms with Crippen molar-refractivity contribution in [2.24, 2.45) is 0 Å². The van der Waals surface area contributed by atoms with Gasteiger partial charge in [0, 0.05) is 13.1 Å². The first-order valence-corrected chi connectivity index (χ1v) is 6.77. The lowest BCUT2D eigenvalue weighted by Gasteiger charge is -2.09. The summed E-state index contributed by atoms with van der Waals surface area (Å²) in [6, 6.07) is 0. The SMILES string of the molecule is CCCCCCNc1c(N)c(C)nn1CCC. The van der Waals surface area contributed by atoms with Crippen LogP contribution >= 0.6 is 0 Å². The number of nitrogens with zero attached hydrogens (tertiary/aromatic N) is 2. The zero-order chi connectivity index (χ0) is 12.7. The highest BCUT2D eigenvalue weighted by Crippen LogP contribution is 2.22. The predicted molar refractivity (Wildman–Crippen MR) is 74.3 cm³/mol. The van der Waals surface area contributed by atoms with Gasteiger partial charge >= 0.3 is 0 Å². The Morgan fingerprint density at radius 2 is 1.94 bits per heavy atom. The molecule has 1 aromatic heterocycles. The number of unbranched alkanes of at least 4 members (excludes halogenated alkanes) is 3. The summed E-state index contributed by atoms with van der Waals surface area (Å²) in [5.74, 6) is 1.00. The minimum atomic E-state index is 0.800. The molecule has 1 heterocycles. The van der Waals surface area contributed by atoms with Crippen LogP contribution in [0.1, 0.15) is 51.6 Å². The summed E-state index contributed by atoms with van der Waals surface area (Å²) < 4.78 is 1.99. The van der Waals surface area contributed by atoms with Crippen molar-refractivity contribution >= 4 is 11.5 Å². The standard InChI is InChI=1S/C13H26N4/c1-4-6-7-8-9-15-13-12(14)11(3)16-17(13)10-5-2/h15H,4-10,14H2,1-3H3. The number of rotatable bonds is 8. The summed E-state index contributed by atoms with van der Waals surface area (Å²) in [5, 5.41) is 7.87. The first-order chi connectivity index (χ1) is 8.20. The molecule has 17 heavy (non-hydrogen) atoms. The minimum Gasteiger partial charge on any atom is -0.394 e. The van der Waals surface area contributed by atoms with Crippen molar-refractivity contribution < 1.29 is 0 Å². The third kappa shape index (κ3) is 3.95. The van der Waals surface area contributed by atoms with Crippen LogP contribution in [0.2, 0.25) is 0 Å². The maximum absolute atomic E-state index is 6.03. The van der Waals surface area contributed by atoms with Gasteiger partial charge in [0.25, 0.3) is 0 Å². The van der Waals surface area contributed by atoms with E-state index in [9.17, 15) is 0 Å². The van der Waals surface area contributed by atoms with Crippen molar-refractivity contribution in [1.29, 1.82) is 0 Å². The second-order valence-electron chi connectivity index (χ2n) is 4.56. The van der Waals surface area contributed by atoms with E-state index in [1.807, 2.05) is 11.6 Å². The molecule has 0 aliphatic heterocycles. The van der Waals surface area contributed by atoms with Crippen molar-refractivity contribution in [2.45, 2.75) is 59.4 Å². The molecule has 0 saturated carbocycles. The molecule has 0 spiro atoms. The molecule has 3 N–H and O–H groups in total. The van der Waals surface area contributed by atoms with Crippen molar-refractivity contribution in [2.75, 3.05) is 17.6 Å². The number of nitrogens with one attached hydrogen (secondary N) is 1. The average molecular weight is 238 g/mol. The first kappa shape index (κ1) is 13.9. The average Bonchev–Trinajstić information content (AvgIpc) is 2.57. The van der Waals surface area contributed by atoms with Crippen LogP contribution in [0.5, 0.6) is 0 Å². The van der Waals surface area contributed by atoms with Crippen molar-refractivity contribution in [3.05, 3.63) is 5.69 Å². The third-order valence-corrected chi connectivity index (χ3v) is 2.93. The number of hydrogen-bond donors (Lipinski definition) is 2. The molecule has 4 heteroatoms. The van der Waals surface area contributed by atoms with Crippen LogP contribution in [-0.2, 0) is 6.54 Å². The molecule has 0 aliphatic rings. The monoisotopic (exact) mass is 238 g/mol. The number of nitrogen functional groups attached to an aromatic ring is 1. The number of aryl methyl sites for hydroxylation is 2. The molecule has 0 aromatic carbocycles. The Morgan fingerprint density at radius 3 is 2.59 bits per heavy atom. The lowest BCUT2D eigenvalue weighted by Crippen LogP contribution is -2.10. The van der Waals surface area contributed by atoms with E-state index in [-0.39, 0.29) is 0 Å². The Kier molecular flexibility index (Phi) is 5.87. The van der Waals surface area contributed by atoms with Crippen LogP contribution in [0, 0.1) is 6.92 Å². The van der Waals surface area contributed by atoms with E-state index in [1.54, 1.807) is 0 Å². The lowest BCUT2D eigenvalue weighted by molar-refractivity contribution is 0.600. The van der Waals surface area contributed by atoms with Crippen LogP contribution in [0.3, 0.4) is 0 Å². The van der Waals surface area contributed by atoms with Gasteiger partial charge in [-0.05, 0) is 19.8 Å². The van der Waals surface area contributed by atoms with Gasteiger partial charge in [-0.3, -0.25) is 0 Å². The number of nitrogens with two attached hydrogens (primary N) is 1. The van der Waals surface area contributed by atoms with E-state index >= 15 is 0 Å². The fraction of sp³-hybridized carbons (Fsp3) is 0.769. The normalized spacial score (nSPS) is 10.8. The van der Waals surface area contributed by atoms with Gasteiger partial charge < -0.3 is 11.1 Å². The zero-order valence-electron chi connectivity index (χ0n) is 11.4. The molecular weight excluding hydrogens is 212 g/mol. The van der Waals surface area contributed by atoms with Gasteiger partial charge in [-0.15, -0.1) is 0 Å². The predicted octanol–water partition coefficient (Wildman–Crippen LogP) is 3.18. The van der Waals surface area contributed by atoms with Crippen molar-refractivity contribution in [3.8, 4) is 0 Å². The fourth-order valence-corrected chi connectivity index (χ4v) is 1.91.